The minimum atomic E-state index is 0.0870. The van der Waals surface area contributed by atoms with Crippen molar-refractivity contribution in [2.75, 3.05) is 6.54 Å². The largest absolute Gasteiger partial charge is 0.330 e. The molecule has 2 aromatic rings. The summed E-state index contributed by atoms with van der Waals surface area (Å²) in [7, 11) is 1.82. The van der Waals surface area contributed by atoms with Gasteiger partial charge >= 0.3 is 0 Å². The summed E-state index contributed by atoms with van der Waals surface area (Å²) < 4.78 is 1.72. The van der Waals surface area contributed by atoms with Crippen LogP contribution in [0, 0.1) is 5.92 Å². The van der Waals surface area contributed by atoms with Crippen LogP contribution in [-0.4, -0.2) is 11.1 Å². The van der Waals surface area contributed by atoms with Crippen LogP contribution in [0.3, 0.4) is 0 Å². The molecule has 0 fully saturated rings. The van der Waals surface area contributed by atoms with Crippen LogP contribution in [0.5, 0.6) is 0 Å². The first-order valence-electron chi connectivity index (χ1n) is 5.91. The molecular weight excluding hydrogens is 212 g/mol. The molecule has 1 heterocycles. The van der Waals surface area contributed by atoms with Crippen LogP contribution >= 0.6 is 0 Å². The van der Waals surface area contributed by atoms with E-state index >= 15 is 0 Å². The summed E-state index contributed by atoms with van der Waals surface area (Å²) >= 11 is 0. The first kappa shape index (κ1) is 11.9. The molecule has 0 aliphatic carbocycles. The number of aryl methyl sites for hydroxylation is 1. The van der Waals surface area contributed by atoms with Gasteiger partial charge in [-0.25, -0.2) is 0 Å². The molecule has 0 bridgehead atoms. The standard InChI is InChI=1S/C14H18N2O/c1-10(9-15)7-12-8-11-5-3-4-6-13(11)16(2)14(12)17/h3-6,8,10H,7,9,15H2,1-2H3. The maximum atomic E-state index is 12.2. The van der Waals surface area contributed by atoms with Crippen molar-refractivity contribution in [2.45, 2.75) is 13.3 Å². The Morgan fingerprint density at radius 2 is 2.06 bits per heavy atom. The molecule has 1 unspecified atom stereocenters. The van der Waals surface area contributed by atoms with Gasteiger partial charge < -0.3 is 10.3 Å². The van der Waals surface area contributed by atoms with Crippen molar-refractivity contribution in [2.24, 2.45) is 18.7 Å². The summed E-state index contributed by atoms with van der Waals surface area (Å²) in [4.78, 5) is 12.2. The maximum Gasteiger partial charge on any atom is 0.253 e. The third-order valence-electron chi connectivity index (χ3n) is 3.18. The number of nitrogens with two attached hydrogens (primary N) is 1. The van der Waals surface area contributed by atoms with Crippen LogP contribution in [0.2, 0.25) is 0 Å². The molecule has 0 amide bonds. The second-order valence-corrected chi connectivity index (χ2v) is 4.64. The molecule has 1 aromatic heterocycles. The second kappa shape index (κ2) is 4.72. The lowest BCUT2D eigenvalue weighted by molar-refractivity contribution is 0.587. The van der Waals surface area contributed by atoms with E-state index in [1.807, 2.05) is 37.4 Å². The smallest absolute Gasteiger partial charge is 0.253 e. The lowest BCUT2D eigenvalue weighted by atomic mass is 10.0. The van der Waals surface area contributed by atoms with Crippen molar-refractivity contribution in [3.8, 4) is 0 Å². The van der Waals surface area contributed by atoms with E-state index in [1.165, 1.54) is 0 Å². The van der Waals surface area contributed by atoms with E-state index in [2.05, 4.69) is 6.92 Å². The van der Waals surface area contributed by atoms with Crippen molar-refractivity contribution in [1.82, 2.24) is 4.57 Å². The van der Waals surface area contributed by atoms with Gasteiger partial charge in [0.1, 0.15) is 0 Å². The molecular formula is C14H18N2O. The first-order valence-corrected chi connectivity index (χ1v) is 5.91. The van der Waals surface area contributed by atoms with Crippen molar-refractivity contribution in [1.29, 1.82) is 0 Å². The van der Waals surface area contributed by atoms with Crippen LogP contribution in [0.15, 0.2) is 35.1 Å². The Kier molecular flexibility index (Phi) is 3.29. The lowest BCUT2D eigenvalue weighted by Crippen LogP contribution is -2.24. The minimum absolute atomic E-state index is 0.0870. The lowest BCUT2D eigenvalue weighted by Gasteiger charge is -2.11. The summed E-state index contributed by atoms with van der Waals surface area (Å²) in [6.45, 7) is 2.67. The van der Waals surface area contributed by atoms with Gasteiger partial charge in [0.2, 0.25) is 0 Å². The van der Waals surface area contributed by atoms with E-state index in [0.717, 1.165) is 22.9 Å². The summed E-state index contributed by atoms with van der Waals surface area (Å²) in [5.74, 6) is 0.337. The zero-order valence-corrected chi connectivity index (χ0v) is 10.3. The van der Waals surface area contributed by atoms with Crippen molar-refractivity contribution < 1.29 is 0 Å². The van der Waals surface area contributed by atoms with Crippen molar-refractivity contribution in [3.63, 3.8) is 0 Å². The highest BCUT2D eigenvalue weighted by Gasteiger charge is 2.09. The number of pyridine rings is 1. The molecule has 2 N–H and O–H groups in total. The summed E-state index contributed by atoms with van der Waals surface area (Å²) in [6.07, 6.45) is 0.744. The average Bonchev–Trinajstić information content (AvgIpc) is 2.35. The van der Waals surface area contributed by atoms with Gasteiger partial charge in [0.05, 0.1) is 5.52 Å². The average molecular weight is 230 g/mol. The molecule has 1 aromatic carbocycles. The molecule has 90 valence electrons. The normalized spacial score (nSPS) is 12.9. The van der Waals surface area contributed by atoms with Crippen LogP contribution in [0.1, 0.15) is 12.5 Å². The van der Waals surface area contributed by atoms with E-state index < -0.39 is 0 Å². The number of fused-ring (bicyclic) bond motifs is 1. The van der Waals surface area contributed by atoms with Crippen molar-refractivity contribution in [3.05, 3.63) is 46.2 Å². The zero-order valence-electron chi connectivity index (χ0n) is 10.3. The molecule has 0 spiro atoms. The predicted octanol–water partition coefficient (Wildman–Crippen LogP) is 1.68. The van der Waals surface area contributed by atoms with Gasteiger partial charge in [-0.3, -0.25) is 4.79 Å². The van der Waals surface area contributed by atoms with Gasteiger partial charge in [0, 0.05) is 12.6 Å². The van der Waals surface area contributed by atoms with Gasteiger partial charge in [0.15, 0.2) is 0 Å². The molecule has 1 atom stereocenters. The fourth-order valence-electron chi connectivity index (χ4n) is 2.09. The van der Waals surface area contributed by atoms with Crippen LogP contribution < -0.4 is 11.3 Å². The van der Waals surface area contributed by atoms with Gasteiger partial charge in [0.25, 0.3) is 5.56 Å². The van der Waals surface area contributed by atoms with Crippen LogP contribution in [-0.2, 0) is 13.5 Å². The highest BCUT2D eigenvalue weighted by molar-refractivity contribution is 5.79. The summed E-state index contributed by atoms with van der Waals surface area (Å²) in [6, 6.07) is 9.93. The number of para-hydroxylation sites is 1. The molecule has 0 aliphatic rings. The molecule has 0 aliphatic heterocycles. The fraction of sp³-hybridized carbons (Fsp3) is 0.357. The number of aromatic nitrogens is 1. The monoisotopic (exact) mass is 230 g/mol. The molecule has 0 saturated carbocycles. The third kappa shape index (κ3) is 2.24. The Bertz CT molecular complexity index is 586. The van der Waals surface area contributed by atoms with E-state index in [-0.39, 0.29) is 5.56 Å². The van der Waals surface area contributed by atoms with Crippen molar-refractivity contribution >= 4 is 10.9 Å². The second-order valence-electron chi connectivity index (χ2n) is 4.64. The Morgan fingerprint density at radius 1 is 1.35 bits per heavy atom. The molecule has 0 radical (unpaired) electrons. The topological polar surface area (TPSA) is 48.0 Å². The van der Waals surface area contributed by atoms with Gasteiger partial charge in [-0.15, -0.1) is 0 Å². The molecule has 3 nitrogen and oxygen atoms in total. The Morgan fingerprint density at radius 3 is 2.76 bits per heavy atom. The number of benzene rings is 1. The number of rotatable bonds is 3. The quantitative estimate of drug-likeness (QED) is 0.872. The molecule has 0 saturated heterocycles. The molecule has 17 heavy (non-hydrogen) atoms. The maximum absolute atomic E-state index is 12.2. The number of nitrogens with zero attached hydrogens (tertiary/aromatic N) is 1. The summed E-state index contributed by atoms with van der Waals surface area (Å²) in [5.41, 5.74) is 7.52. The predicted molar refractivity (Wildman–Crippen MR) is 71.1 cm³/mol. The first-order chi connectivity index (χ1) is 8.13. The molecule has 2 rings (SSSR count). The van der Waals surface area contributed by atoms with E-state index in [0.29, 0.717) is 12.5 Å². The fourth-order valence-corrected chi connectivity index (χ4v) is 2.09. The van der Waals surface area contributed by atoms with Gasteiger partial charge in [-0.1, -0.05) is 25.1 Å². The van der Waals surface area contributed by atoms with E-state index in [4.69, 9.17) is 5.73 Å². The van der Waals surface area contributed by atoms with Gasteiger partial charge in [-0.05, 0) is 36.4 Å². The minimum Gasteiger partial charge on any atom is -0.330 e. The highest BCUT2D eigenvalue weighted by atomic mass is 16.1. The van der Waals surface area contributed by atoms with Crippen LogP contribution in [0.4, 0.5) is 0 Å². The van der Waals surface area contributed by atoms with Gasteiger partial charge in [-0.2, -0.15) is 0 Å². The van der Waals surface area contributed by atoms with E-state index in [9.17, 15) is 4.79 Å². The number of hydrogen-bond donors (Lipinski definition) is 1. The van der Waals surface area contributed by atoms with Crippen LogP contribution in [0.25, 0.3) is 10.9 Å². The molecule has 3 heteroatoms. The Labute approximate surface area is 101 Å². The Balaban J connectivity index is 2.58. The number of hydrogen-bond acceptors (Lipinski definition) is 2. The van der Waals surface area contributed by atoms with E-state index in [1.54, 1.807) is 4.57 Å². The SMILES string of the molecule is CC(CN)Cc1cc2ccccc2n(C)c1=O. The third-order valence-corrected chi connectivity index (χ3v) is 3.18. The summed E-state index contributed by atoms with van der Waals surface area (Å²) in [5, 5.41) is 1.11. The zero-order chi connectivity index (χ0) is 12.4. The highest BCUT2D eigenvalue weighted by Crippen LogP contribution is 2.14. The Hall–Kier alpha value is -1.61.